The van der Waals surface area contributed by atoms with Crippen LogP contribution in [0.25, 0.3) is 43.5 Å². The molecule has 0 fully saturated rings. The van der Waals surface area contributed by atoms with Crippen molar-refractivity contribution in [2.24, 2.45) is 0 Å². The van der Waals surface area contributed by atoms with Gasteiger partial charge >= 0.3 is 0 Å². The number of unbranched alkanes of at least 4 members (excludes halogenated alkanes) is 7. The Bertz CT molecular complexity index is 1860. The van der Waals surface area contributed by atoms with Crippen LogP contribution in [-0.4, -0.2) is 0 Å². The largest absolute Gasteiger partial charge is 0.460 e. The van der Waals surface area contributed by atoms with E-state index in [1.165, 1.54) is 63.1 Å². The highest BCUT2D eigenvalue weighted by Crippen LogP contribution is 2.35. The molecule has 40 heavy (non-hydrogen) atoms. The average Bonchev–Trinajstić information content (AvgIpc) is 3.57. The average molecular weight is 535 g/mol. The molecule has 202 valence electrons. The SMILES string of the molecule is CCCCCCCCCCc1cc2ccc3cc4c(ccc5cc(C#Cc6c(F)cccc6F)oc54)cc3c2o1. The van der Waals surface area contributed by atoms with Crippen molar-refractivity contribution in [3.8, 4) is 11.8 Å². The van der Waals surface area contributed by atoms with Crippen LogP contribution < -0.4 is 0 Å². The van der Waals surface area contributed by atoms with Crippen molar-refractivity contribution < 1.29 is 17.6 Å². The van der Waals surface area contributed by atoms with Gasteiger partial charge < -0.3 is 8.83 Å². The Morgan fingerprint density at radius 1 is 0.600 bits per heavy atom. The molecule has 6 rings (SSSR count). The lowest BCUT2D eigenvalue weighted by atomic mass is 10.0. The number of hydrogen-bond donors (Lipinski definition) is 0. The van der Waals surface area contributed by atoms with Gasteiger partial charge in [-0.05, 0) is 53.4 Å². The first-order chi connectivity index (χ1) is 19.6. The maximum Gasteiger partial charge on any atom is 0.178 e. The molecule has 0 spiro atoms. The third-order valence-electron chi connectivity index (χ3n) is 7.72. The molecule has 0 aliphatic heterocycles. The molecule has 0 N–H and O–H groups in total. The van der Waals surface area contributed by atoms with Crippen LogP contribution in [0.15, 0.2) is 75.6 Å². The quantitative estimate of drug-likeness (QED) is 0.105. The first-order valence-electron chi connectivity index (χ1n) is 14.4. The molecule has 0 unspecified atom stereocenters. The molecule has 2 aromatic heterocycles. The molecule has 0 radical (unpaired) electrons. The number of fused-ring (bicyclic) bond motifs is 6. The molecular formula is C36H32F2O2. The van der Waals surface area contributed by atoms with Gasteiger partial charge in [-0.25, -0.2) is 8.78 Å². The van der Waals surface area contributed by atoms with Gasteiger partial charge in [0, 0.05) is 34.0 Å². The van der Waals surface area contributed by atoms with Gasteiger partial charge in [-0.2, -0.15) is 0 Å². The molecule has 0 saturated heterocycles. The van der Waals surface area contributed by atoms with Gasteiger partial charge in [0.2, 0.25) is 0 Å². The minimum absolute atomic E-state index is 0.261. The zero-order valence-corrected chi connectivity index (χ0v) is 22.8. The fourth-order valence-electron chi connectivity index (χ4n) is 5.55. The van der Waals surface area contributed by atoms with Gasteiger partial charge in [0.25, 0.3) is 0 Å². The highest BCUT2D eigenvalue weighted by Gasteiger charge is 2.13. The van der Waals surface area contributed by atoms with Crippen LogP contribution in [0.2, 0.25) is 0 Å². The zero-order chi connectivity index (χ0) is 27.5. The highest BCUT2D eigenvalue weighted by molar-refractivity contribution is 6.14. The molecule has 0 aliphatic carbocycles. The van der Waals surface area contributed by atoms with E-state index >= 15 is 0 Å². The second-order valence-electron chi connectivity index (χ2n) is 10.7. The van der Waals surface area contributed by atoms with Crippen molar-refractivity contribution >= 4 is 43.5 Å². The molecule has 4 heteroatoms. The predicted octanol–water partition coefficient (Wildman–Crippen LogP) is 10.8. The van der Waals surface area contributed by atoms with E-state index in [-0.39, 0.29) is 5.56 Å². The molecular weight excluding hydrogens is 502 g/mol. The van der Waals surface area contributed by atoms with Crippen LogP contribution in [0.4, 0.5) is 8.78 Å². The number of aryl methyl sites for hydroxylation is 1. The number of rotatable bonds is 9. The smallest absolute Gasteiger partial charge is 0.178 e. The van der Waals surface area contributed by atoms with Gasteiger partial charge in [0.15, 0.2) is 5.76 Å². The third kappa shape index (κ3) is 5.34. The molecule has 0 atom stereocenters. The number of benzene rings is 4. The third-order valence-corrected chi connectivity index (χ3v) is 7.72. The Labute approximate surface area is 233 Å². The standard InChI is InChI=1S/C36H32F2O2/c1-2-3-4-5-6-7-8-9-11-28-20-26-16-14-24-23-32-25(22-31(24)35(26)39-28)15-17-27-21-29(40-36(27)32)18-19-30-33(37)12-10-13-34(30)38/h10,12-17,20-23H,2-9,11H2,1H3. The lowest BCUT2D eigenvalue weighted by molar-refractivity contribution is 0.519. The molecule has 2 heterocycles. The summed E-state index contributed by atoms with van der Waals surface area (Å²) in [7, 11) is 0. The number of halogens is 2. The van der Waals surface area contributed by atoms with Gasteiger partial charge in [0.1, 0.15) is 28.6 Å². The minimum atomic E-state index is -0.689. The van der Waals surface area contributed by atoms with E-state index in [4.69, 9.17) is 8.83 Å². The summed E-state index contributed by atoms with van der Waals surface area (Å²) in [6, 6.07) is 20.2. The highest BCUT2D eigenvalue weighted by atomic mass is 19.1. The Balaban J connectivity index is 1.25. The molecule has 4 aromatic carbocycles. The van der Waals surface area contributed by atoms with Gasteiger partial charge in [0.05, 0.1) is 5.56 Å². The normalized spacial score (nSPS) is 11.6. The molecule has 0 saturated carbocycles. The van der Waals surface area contributed by atoms with Crippen molar-refractivity contribution in [3.63, 3.8) is 0 Å². The Kier molecular flexibility index (Phi) is 7.55. The second kappa shape index (κ2) is 11.6. The van der Waals surface area contributed by atoms with Crippen molar-refractivity contribution in [3.05, 3.63) is 95.4 Å². The van der Waals surface area contributed by atoms with Crippen LogP contribution in [0.1, 0.15) is 75.4 Å². The zero-order valence-electron chi connectivity index (χ0n) is 22.8. The van der Waals surface area contributed by atoms with Crippen molar-refractivity contribution in [2.75, 3.05) is 0 Å². The van der Waals surface area contributed by atoms with Crippen LogP contribution in [0.3, 0.4) is 0 Å². The summed E-state index contributed by atoms with van der Waals surface area (Å²) >= 11 is 0. The summed E-state index contributed by atoms with van der Waals surface area (Å²) in [5, 5.41) is 6.14. The van der Waals surface area contributed by atoms with E-state index < -0.39 is 11.6 Å². The molecule has 0 bridgehead atoms. The molecule has 0 aliphatic rings. The predicted molar refractivity (Wildman–Crippen MR) is 160 cm³/mol. The van der Waals surface area contributed by atoms with Gasteiger partial charge in [-0.1, -0.05) is 88.1 Å². The molecule has 0 amide bonds. The van der Waals surface area contributed by atoms with Crippen molar-refractivity contribution in [2.45, 2.75) is 64.7 Å². The van der Waals surface area contributed by atoms with Gasteiger partial charge in [-0.15, -0.1) is 0 Å². The van der Waals surface area contributed by atoms with Crippen LogP contribution >= 0.6 is 0 Å². The summed E-state index contributed by atoms with van der Waals surface area (Å²) in [6.45, 7) is 2.26. The van der Waals surface area contributed by atoms with E-state index in [1.54, 1.807) is 6.07 Å². The summed E-state index contributed by atoms with van der Waals surface area (Å²) in [5.74, 6) is 5.40. The minimum Gasteiger partial charge on any atom is -0.460 e. The lowest BCUT2D eigenvalue weighted by Crippen LogP contribution is -1.88. The van der Waals surface area contributed by atoms with Crippen LogP contribution in [-0.2, 0) is 6.42 Å². The maximum absolute atomic E-state index is 14.0. The van der Waals surface area contributed by atoms with Crippen molar-refractivity contribution in [1.82, 2.24) is 0 Å². The maximum atomic E-state index is 14.0. The van der Waals surface area contributed by atoms with Crippen LogP contribution in [0.5, 0.6) is 0 Å². The first kappa shape index (κ1) is 26.1. The molecule has 2 nitrogen and oxygen atoms in total. The van der Waals surface area contributed by atoms with Crippen molar-refractivity contribution in [1.29, 1.82) is 0 Å². The van der Waals surface area contributed by atoms with E-state index in [0.29, 0.717) is 11.3 Å². The molecule has 6 aromatic rings. The Morgan fingerprint density at radius 2 is 1.18 bits per heavy atom. The Hall–Kier alpha value is -4.10. The monoisotopic (exact) mass is 534 g/mol. The summed E-state index contributed by atoms with van der Waals surface area (Å²) < 4.78 is 40.4. The number of furan rings is 2. The van der Waals surface area contributed by atoms with Crippen LogP contribution in [0, 0.1) is 23.5 Å². The van der Waals surface area contributed by atoms with Gasteiger partial charge in [-0.3, -0.25) is 0 Å². The first-order valence-corrected chi connectivity index (χ1v) is 14.4. The number of hydrogen-bond acceptors (Lipinski definition) is 2. The fourth-order valence-corrected chi connectivity index (χ4v) is 5.55. The Morgan fingerprint density at radius 3 is 1.85 bits per heavy atom. The lowest BCUT2D eigenvalue weighted by Gasteiger charge is -2.04. The van der Waals surface area contributed by atoms with E-state index in [0.717, 1.165) is 56.5 Å². The van der Waals surface area contributed by atoms with E-state index in [9.17, 15) is 8.78 Å². The summed E-state index contributed by atoms with van der Waals surface area (Å²) in [5.41, 5.74) is 1.36. The topological polar surface area (TPSA) is 26.3 Å². The van der Waals surface area contributed by atoms with E-state index in [1.807, 2.05) is 6.07 Å². The fraction of sp³-hybridized carbons (Fsp3) is 0.278. The summed E-state index contributed by atoms with van der Waals surface area (Å²) in [4.78, 5) is 0. The summed E-state index contributed by atoms with van der Waals surface area (Å²) in [6.07, 6.45) is 11.4. The van der Waals surface area contributed by atoms with E-state index in [2.05, 4.69) is 55.2 Å². The second-order valence-corrected chi connectivity index (χ2v) is 10.7.